The number of H-pyrrole nitrogens is 1. The summed E-state index contributed by atoms with van der Waals surface area (Å²) >= 11 is 0. The number of amides is 1. The van der Waals surface area contributed by atoms with Crippen molar-refractivity contribution >= 4 is 22.8 Å². The lowest BCUT2D eigenvalue weighted by molar-refractivity contribution is -0.116. The number of carbonyl (C=O) groups excluding carboxylic acids is 1. The number of aromatic nitrogens is 4. The molecule has 1 aliphatic rings. The van der Waals surface area contributed by atoms with Crippen molar-refractivity contribution in [2.45, 2.75) is 52.0 Å². The van der Waals surface area contributed by atoms with Gasteiger partial charge in [-0.2, -0.15) is 5.10 Å². The van der Waals surface area contributed by atoms with Gasteiger partial charge in [-0.1, -0.05) is 13.8 Å². The first-order valence-corrected chi connectivity index (χ1v) is 8.94. The molecule has 0 radical (unpaired) electrons. The average molecular weight is 337 g/mol. The molecule has 1 unspecified atom stereocenters. The highest BCUT2D eigenvalue weighted by molar-refractivity contribution is 5.96. The van der Waals surface area contributed by atoms with Crippen molar-refractivity contribution in [3.8, 4) is 0 Å². The number of fused-ring (bicyclic) bond motifs is 2. The summed E-state index contributed by atoms with van der Waals surface area (Å²) in [6, 6.07) is 4.29. The number of nitrogens with one attached hydrogen (secondary N) is 2. The van der Waals surface area contributed by atoms with E-state index in [0.29, 0.717) is 12.5 Å². The molecular formula is C19H23N5O. The van der Waals surface area contributed by atoms with Gasteiger partial charge in [0, 0.05) is 35.7 Å². The lowest BCUT2D eigenvalue weighted by Crippen LogP contribution is -2.26. The zero-order chi connectivity index (χ0) is 17.6. The summed E-state index contributed by atoms with van der Waals surface area (Å²) in [4.78, 5) is 20.1. The number of aryl methyl sites for hydroxylation is 1. The molecule has 1 aliphatic heterocycles. The van der Waals surface area contributed by atoms with Gasteiger partial charge in [-0.3, -0.25) is 4.79 Å². The van der Waals surface area contributed by atoms with E-state index in [1.807, 2.05) is 23.9 Å². The van der Waals surface area contributed by atoms with Gasteiger partial charge in [0.05, 0.1) is 11.7 Å². The third-order valence-corrected chi connectivity index (χ3v) is 5.27. The van der Waals surface area contributed by atoms with E-state index in [1.54, 1.807) is 6.20 Å². The van der Waals surface area contributed by atoms with Gasteiger partial charge >= 0.3 is 0 Å². The monoisotopic (exact) mass is 337 g/mol. The summed E-state index contributed by atoms with van der Waals surface area (Å²) in [5.74, 6) is 0.915. The predicted octanol–water partition coefficient (Wildman–Crippen LogP) is 3.90. The van der Waals surface area contributed by atoms with Crippen LogP contribution in [0.1, 0.15) is 61.9 Å². The summed E-state index contributed by atoms with van der Waals surface area (Å²) in [5, 5.41) is 8.93. The number of carbonyl (C=O) groups is 1. The van der Waals surface area contributed by atoms with E-state index in [1.165, 1.54) is 0 Å². The second kappa shape index (κ2) is 6.02. The normalized spacial score (nSPS) is 17.1. The van der Waals surface area contributed by atoms with Crippen molar-refractivity contribution in [3.63, 3.8) is 0 Å². The van der Waals surface area contributed by atoms with Crippen LogP contribution < -0.4 is 5.32 Å². The van der Waals surface area contributed by atoms with E-state index in [9.17, 15) is 4.79 Å². The number of anilines is 1. The molecule has 6 heteroatoms. The topological polar surface area (TPSA) is 75.6 Å². The molecule has 0 bridgehead atoms. The molecule has 0 spiro atoms. The van der Waals surface area contributed by atoms with Gasteiger partial charge in [-0.05, 0) is 37.5 Å². The van der Waals surface area contributed by atoms with Crippen LogP contribution in [-0.2, 0) is 4.79 Å². The smallest absolute Gasteiger partial charge is 0.226 e. The third kappa shape index (κ3) is 2.44. The second-order valence-electron chi connectivity index (χ2n) is 6.71. The van der Waals surface area contributed by atoms with Crippen LogP contribution in [0.25, 0.3) is 11.0 Å². The van der Waals surface area contributed by atoms with Crippen molar-refractivity contribution in [2.24, 2.45) is 0 Å². The Kier molecular flexibility index (Phi) is 3.82. The highest BCUT2D eigenvalue weighted by Gasteiger charge is 2.34. The van der Waals surface area contributed by atoms with Gasteiger partial charge in [-0.15, -0.1) is 0 Å². The average Bonchev–Trinajstić information content (AvgIpc) is 3.18. The molecular weight excluding hydrogens is 314 g/mol. The Morgan fingerprint density at radius 3 is 2.92 bits per heavy atom. The van der Waals surface area contributed by atoms with Crippen LogP contribution in [0.4, 0.5) is 5.82 Å². The maximum Gasteiger partial charge on any atom is 0.226 e. The van der Waals surface area contributed by atoms with E-state index in [-0.39, 0.29) is 11.8 Å². The molecule has 1 amide bonds. The van der Waals surface area contributed by atoms with Gasteiger partial charge in [0.1, 0.15) is 11.5 Å². The molecule has 4 heterocycles. The van der Waals surface area contributed by atoms with Gasteiger partial charge < -0.3 is 10.3 Å². The molecule has 2 N–H and O–H groups in total. The maximum absolute atomic E-state index is 12.5. The van der Waals surface area contributed by atoms with Crippen LogP contribution in [0, 0.1) is 6.92 Å². The van der Waals surface area contributed by atoms with Crippen LogP contribution in [0.5, 0.6) is 0 Å². The number of hydrogen-bond acceptors (Lipinski definition) is 3. The SMILES string of the molecule is CCC(CC)n1nc(C)c2c1NC(=O)CC2c1c[nH]c2ncccc12. The minimum atomic E-state index is 0.00446. The first-order valence-electron chi connectivity index (χ1n) is 8.94. The number of aromatic amines is 1. The molecule has 1 atom stereocenters. The van der Waals surface area contributed by atoms with Crippen molar-refractivity contribution in [2.75, 3.05) is 5.32 Å². The summed E-state index contributed by atoms with van der Waals surface area (Å²) in [6.07, 6.45) is 6.17. The molecule has 3 aromatic heterocycles. The first kappa shape index (κ1) is 15.9. The predicted molar refractivity (Wildman–Crippen MR) is 97.8 cm³/mol. The van der Waals surface area contributed by atoms with Crippen LogP contribution in [0.15, 0.2) is 24.5 Å². The molecule has 0 saturated carbocycles. The molecule has 3 aromatic rings. The van der Waals surface area contributed by atoms with E-state index in [0.717, 1.165) is 46.5 Å². The lowest BCUT2D eigenvalue weighted by atomic mass is 9.86. The van der Waals surface area contributed by atoms with Crippen LogP contribution in [0.2, 0.25) is 0 Å². The lowest BCUT2D eigenvalue weighted by Gasteiger charge is -2.25. The Morgan fingerprint density at radius 1 is 1.36 bits per heavy atom. The zero-order valence-corrected chi connectivity index (χ0v) is 14.8. The molecule has 130 valence electrons. The van der Waals surface area contributed by atoms with Crippen molar-refractivity contribution in [1.29, 1.82) is 0 Å². The molecule has 0 saturated heterocycles. The van der Waals surface area contributed by atoms with Gasteiger partial charge in [0.25, 0.3) is 0 Å². The summed E-state index contributed by atoms with van der Waals surface area (Å²) in [6.45, 7) is 6.35. The van der Waals surface area contributed by atoms with Crippen LogP contribution in [-0.4, -0.2) is 25.7 Å². The fourth-order valence-electron chi connectivity index (χ4n) is 4.00. The highest BCUT2D eigenvalue weighted by atomic mass is 16.1. The van der Waals surface area contributed by atoms with Gasteiger partial charge in [0.2, 0.25) is 5.91 Å². The Hall–Kier alpha value is -2.63. The molecule has 25 heavy (non-hydrogen) atoms. The minimum Gasteiger partial charge on any atom is -0.346 e. The second-order valence-corrected chi connectivity index (χ2v) is 6.71. The van der Waals surface area contributed by atoms with E-state index < -0.39 is 0 Å². The Bertz CT molecular complexity index is 935. The Balaban J connectivity index is 1.89. The van der Waals surface area contributed by atoms with Crippen LogP contribution >= 0.6 is 0 Å². The van der Waals surface area contributed by atoms with E-state index >= 15 is 0 Å². The molecule has 0 aromatic carbocycles. The van der Waals surface area contributed by atoms with Crippen molar-refractivity contribution in [3.05, 3.63) is 41.3 Å². The first-order chi connectivity index (χ1) is 12.1. The van der Waals surface area contributed by atoms with E-state index in [4.69, 9.17) is 5.10 Å². The Morgan fingerprint density at radius 2 is 2.16 bits per heavy atom. The fraction of sp³-hybridized carbons (Fsp3) is 0.421. The summed E-state index contributed by atoms with van der Waals surface area (Å²) < 4.78 is 2.02. The van der Waals surface area contributed by atoms with Crippen LogP contribution in [0.3, 0.4) is 0 Å². The number of hydrogen-bond donors (Lipinski definition) is 2. The van der Waals surface area contributed by atoms with Crippen molar-refractivity contribution in [1.82, 2.24) is 19.7 Å². The third-order valence-electron chi connectivity index (χ3n) is 5.27. The minimum absolute atomic E-state index is 0.00446. The van der Waals surface area contributed by atoms with Gasteiger partial charge in [0.15, 0.2) is 0 Å². The molecule has 4 rings (SSSR count). The largest absolute Gasteiger partial charge is 0.346 e. The molecule has 0 aliphatic carbocycles. The standard InChI is InChI=1S/C19H23N5O/c1-4-12(5-2)24-19-17(11(3)23-24)14(9-16(25)22-19)15-10-21-18-13(15)7-6-8-20-18/h6-8,10,12,14H,4-5,9H2,1-3H3,(H,20,21)(H,22,25). The zero-order valence-electron chi connectivity index (χ0n) is 14.8. The number of nitrogens with zero attached hydrogens (tertiary/aromatic N) is 3. The highest BCUT2D eigenvalue weighted by Crippen LogP contribution is 2.42. The summed E-state index contributed by atoms with van der Waals surface area (Å²) in [5.41, 5.74) is 4.10. The van der Waals surface area contributed by atoms with Crippen molar-refractivity contribution < 1.29 is 4.79 Å². The maximum atomic E-state index is 12.5. The fourth-order valence-corrected chi connectivity index (χ4v) is 4.00. The number of pyridine rings is 1. The Labute approximate surface area is 146 Å². The molecule has 0 fully saturated rings. The summed E-state index contributed by atoms with van der Waals surface area (Å²) in [7, 11) is 0. The quantitative estimate of drug-likeness (QED) is 0.758. The van der Waals surface area contributed by atoms with Gasteiger partial charge in [-0.25, -0.2) is 9.67 Å². The van der Waals surface area contributed by atoms with E-state index in [2.05, 4.69) is 35.2 Å². The number of rotatable bonds is 4. The molecule has 6 nitrogen and oxygen atoms in total.